The van der Waals surface area contributed by atoms with Crippen molar-refractivity contribution in [2.75, 3.05) is 11.1 Å². The summed E-state index contributed by atoms with van der Waals surface area (Å²) in [5.74, 6) is 7.63. The van der Waals surface area contributed by atoms with Crippen molar-refractivity contribution in [1.29, 1.82) is 0 Å². The van der Waals surface area contributed by atoms with Crippen LogP contribution in [0.25, 0.3) is 11.2 Å². The van der Waals surface area contributed by atoms with E-state index >= 15 is 0 Å². The van der Waals surface area contributed by atoms with Crippen molar-refractivity contribution in [3.05, 3.63) is 40.6 Å². The largest absolute Gasteiger partial charge is 0.389 e. The lowest BCUT2D eigenvalue weighted by Crippen LogP contribution is -2.27. The molecular formula is C21H23BrN6O2S. The van der Waals surface area contributed by atoms with Crippen LogP contribution in [-0.4, -0.2) is 52.7 Å². The Morgan fingerprint density at radius 2 is 2.19 bits per heavy atom. The smallest absolute Gasteiger partial charge is 0.208 e. The number of unbranched alkanes of at least 4 members (excludes halogenated alkanes) is 2. The number of imidazole rings is 1. The first-order valence-corrected chi connectivity index (χ1v) is 12.0. The Labute approximate surface area is 193 Å². The highest BCUT2D eigenvalue weighted by atomic mass is 79.9. The Hall–Kier alpha value is -2.19. The quantitative estimate of drug-likeness (QED) is 0.268. The Bertz CT molecular complexity index is 1130. The molecule has 0 unspecified atom stereocenters. The summed E-state index contributed by atoms with van der Waals surface area (Å²) >= 11 is 4.86. The lowest BCUT2D eigenvalue weighted by atomic mass is 10.2. The van der Waals surface area contributed by atoms with Crippen LogP contribution in [0.1, 0.15) is 42.9 Å². The van der Waals surface area contributed by atoms with E-state index in [0.717, 1.165) is 29.4 Å². The summed E-state index contributed by atoms with van der Waals surface area (Å²) in [5.41, 5.74) is 2.22. The predicted octanol–water partition coefficient (Wildman–Crippen LogP) is 3.10. The topological polar surface area (TPSA) is 109 Å². The molecule has 10 heteroatoms. The van der Waals surface area contributed by atoms with Crippen LogP contribution in [0, 0.1) is 11.8 Å². The van der Waals surface area contributed by atoms with E-state index in [1.165, 1.54) is 11.8 Å². The van der Waals surface area contributed by atoms with Gasteiger partial charge in [-0.15, -0.1) is 11.8 Å². The van der Waals surface area contributed by atoms with E-state index < -0.39 is 12.2 Å². The summed E-state index contributed by atoms with van der Waals surface area (Å²) < 4.78 is 2.56. The van der Waals surface area contributed by atoms with Gasteiger partial charge in [-0.2, -0.15) is 0 Å². The minimum absolute atomic E-state index is 0.361. The second-order valence-electron chi connectivity index (χ2n) is 7.25. The molecule has 4 rings (SSSR count). The third-order valence-corrected chi connectivity index (χ3v) is 6.74. The van der Waals surface area contributed by atoms with Gasteiger partial charge >= 0.3 is 0 Å². The van der Waals surface area contributed by atoms with Crippen molar-refractivity contribution in [2.45, 2.75) is 50.3 Å². The summed E-state index contributed by atoms with van der Waals surface area (Å²) in [4.78, 5) is 17.9. The van der Waals surface area contributed by atoms with Gasteiger partial charge in [0.25, 0.3) is 0 Å². The van der Waals surface area contributed by atoms with E-state index in [1.54, 1.807) is 17.1 Å². The molecule has 3 aromatic heterocycles. The molecule has 1 saturated heterocycles. The Morgan fingerprint density at radius 3 is 2.94 bits per heavy atom. The highest BCUT2D eigenvalue weighted by Gasteiger charge is 2.36. The molecule has 1 aliphatic heterocycles. The first kappa shape index (κ1) is 22.0. The molecule has 1 fully saturated rings. The van der Waals surface area contributed by atoms with Crippen LogP contribution >= 0.6 is 27.7 Å². The number of nitrogens with zero attached hydrogens (tertiary/aromatic N) is 5. The van der Waals surface area contributed by atoms with Gasteiger partial charge in [0.2, 0.25) is 5.82 Å². The van der Waals surface area contributed by atoms with Crippen LogP contribution in [-0.2, 0) is 6.54 Å². The van der Waals surface area contributed by atoms with Gasteiger partial charge in [0.1, 0.15) is 16.1 Å². The van der Waals surface area contributed by atoms with E-state index in [9.17, 15) is 10.2 Å². The molecule has 0 saturated carbocycles. The molecule has 162 valence electrons. The minimum atomic E-state index is -0.887. The lowest BCUT2D eigenvalue weighted by molar-refractivity contribution is 0.0313. The maximum atomic E-state index is 10.4. The zero-order valence-corrected chi connectivity index (χ0v) is 19.4. The van der Waals surface area contributed by atoms with Gasteiger partial charge in [0.15, 0.2) is 17.0 Å². The Morgan fingerprint density at radius 1 is 1.32 bits per heavy atom. The third-order valence-electron chi connectivity index (χ3n) is 4.93. The molecule has 3 aromatic rings. The molecule has 3 N–H and O–H groups in total. The number of halogens is 1. The summed E-state index contributed by atoms with van der Waals surface area (Å²) in [5, 5.41) is 23.3. The molecule has 0 aliphatic carbocycles. The van der Waals surface area contributed by atoms with Gasteiger partial charge in [-0.3, -0.25) is 4.57 Å². The molecule has 0 amide bonds. The second kappa shape index (κ2) is 9.96. The SMILES string of the molecule is CCCCC#Cc1nc(NCc2ccnc(Br)c2)c2ncn([C@@H]3SC[C@@H](O)[C@H]3O)c2n1. The molecule has 1 aliphatic rings. The van der Waals surface area contributed by atoms with Gasteiger partial charge < -0.3 is 15.5 Å². The normalized spacial score (nSPS) is 20.6. The molecule has 3 atom stereocenters. The van der Waals surface area contributed by atoms with Crippen LogP contribution in [0.15, 0.2) is 29.3 Å². The molecule has 0 bridgehead atoms. The number of pyridine rings is 1. The van der Waals surface area contributed by atoms with E-state index in [0.29, 0.717) is 35.1 Å². The summed E-state index contributed by atoms with van der Waals surface area (Å²) in [6.45, 7) is 2.66. The van der Waals surface area contributed by atoms with E-state index in [-0.39, 0.29) is 5.37 Å². The van der Waals surface area contributed by atoms with Gasteiger partial charge in [-0.25, -0.2) is 19.9 Å². The summed E-state index contributed by atoms with van der Waals surface area (Å²) in [7, 11) is 0. The summed E-state index contributed by atoms with van der Waals surface area (Å²) in [6, 6.07) is 3.86. The number of anilines is 1. The van der Waals surface area contributed by atoms with Crippen molar-refractivity contribution >= 4 is 44.7 Å². The fraction of sp³-hybridized carbons (Fsp3) is 0.429. The number of hydrogen-bond acceptors (Lipinski definition) is 8. The number of hydrogen-bond donors (Lipinski definition) is 3. The fourth-order valence-electron chi connectivity index (χ4n) is 3.26. The van der Waals surface area contributed by atoms with Crippen molar-refractivity contribution in [3.8, 4) is 11.8 Å². The zero-order valence-electron chi connectivity index (χ0n) is 17.0. The maximum Gasteiger partial charge on any atom is 0.208 e. The first-order valence-electron chi connectivity index (χ1n) is 10.1. The number of fused-ring (bicyclic) bond motifs is 1. The van der Waals surface area contributed by atoms with Crippen molar-refractivity contribution in [1.82, 2.24) is 24.5 Å². The van der Waals surface area contributed by atoms with Crippen LogP contribution in [0.4, 0.5) is 5.82 Å². The first-order chi connectivity index (χ1) is 15.1. The average molecular weight is 503 g/mol. The van der Waals surface area contributed by atoms with Crippen LogP contribution < -0.4 is 5.32 Å². The monoisotopic (exact) mass is 502 g/mol. The van der Waals surface area contributed by atoms with Crippen LogP contribution in [0.2, 0.25) is 0 Å². The maximum absolute atomic E-state index is 10.4. The van der Waals surface area contributed by atoms with Gasteiger partial charge in [-0.05, 0) is 46.0 Å². The highest BCUT2D eigenvalue weighted by Crippen LogP contribution is 2.38. The van der Waals surface area contributed by atoms with E-state index in [2.05, 4.69) is 59.9 Å². The van der Waals surface area contributed by atoms with Crippen LogP contribution in [0.3, 0.4) is 0 Å². The Kier molecular flexibility index (Phi) is 7.07. The summed E-state index contributed by atoms with van der Waals surface area (Å²) in [6.07, 6.45) is 4.61. The molecule has 31 heavy (non-hydrogen) atoms. The van der Waals surface area contributed by atoms with Gasteiger partial charge in [0.05, 0.1) is 12.4 Å². The Balaban J connectivity index is 1.69. The number of aromatic nitrogens is 5. The van der Waals surface area contributed by atoms with Crippen molar-refractivity contribution in [3.63, 3.8) is 0 Å². The van der Waals surface area contributed by atoms with Crippen molar-refractivity contribution in [2.24, 2.45) is 0 Å². The number of thioether (sulfide) groups is 1. The third kappa shape index (κ3) is 5.01. The average Bonchev–Trinajstić information content (AvgIpc) is 3.33. The molecule has 0 spiro atoms. The second-order valence-corrected chi connectivity index (χ2v) is 9.21. The van der Waals surface area contributed by atoms with Gasteiger partial charge in [0, 0.05) is 24.9 Å². The number of aliphatic hydroxyl groups excluding tert-OH is 2. The number of nitrogens with one attached hydrogen (secondary N) is 1. The highest BCUT2D eigenvalue weighted by molar-refractivity contribution is 9.10. The molecule has 8 nitrogen and oxygen atoms in total. The van der Waals surface area contributed by atoms with Crippen molar-refractivity contribution < 1.29 is 10.2 Å². The lowest BCUT2D eigenvalue weighted by Gasteiger charge is -2.17. The fourth-order valence-corrected chi connectivity index (χ4v) is 4.95. The van der Waals surface area contributed by atoms with E-state index in [1.807, 2.05) is 12.1 Å². The number of aliphatic hydroxyl groups is 2. The molecule has 0 aromatic carbocycles. The minimum Gasteiger partial charge on any atom is -0.389 e. The molecule has 0 radical (unpaired) electrons. The standard InChI is InChI=1S/C21H23BrN6O2S/c1-2-3-4-5-6-16-26-19(24-10-13-7-8-23-15(22)9-13)17-20(27-16)28(12-25-17)21-18(30)14(29)11-31-21/h7-9,12,14,18,21,29-30H,2-4,10-11H2,1H3,(H,24,26,27)/t14-,18-,21-/m1/s1. The predicted molar refractivity (Wildman–Crippen MR) is 124 cm³/mol. The van der Waals surface area contributed by atoms with Gasteiger partial charge in [-0.1, -0.05) is 19.3 Å². The van der Waals surface area contributed by atoms with E-state index in [4.69, 9.17) is 0 Å². The zero-order chi connectivity index (χ0) is 21.8. The molecule has 4 heterocycles. The van der Waals surface area contributed by atoms with Crippen LogP contribution in [0.5, 0.6) is 0 Å². The number of rotatable bonds is 6. The molecular weight excluding hydrogens is 480 g/mol.